The van der Waals surface area contributed by atoms with Gasteiger partial charge in [-0.15, -0.1) is 0 Å². The molecule has 0 bridgehead atoms. The van der Waals surface area contributed by atoms with Gasteiger partial charge in [-0.3, -0.25) is 9.10 Å². The van der Waals surface area contributed by atoms with Crippen LogP contribution in [0.1, 0.15) is 12.5 Å². The molecular weight excluding hydrogens is 458 g/mol. The van der Waals surface area contributed by atoms with E-state index in [9.17, 15) is 18.3 Å². The molecule has 0 saturated heterocycles. The minimum atomic E-state index is -4.04. The van der Waals surface area contributed by atoms with Gasteiger partial charge in [-0.05, 0) is 55.5 Å². The van der Waals surface area contributed by atoms with Crippen LogP contribution >= 0.6 is 0 Å². The Hall–Kier alpha value is -4.05. The number of hydrazone groups is 1. The molecule has 0 unspecified atom stereocenters. The number of nitrogens with zero attached hydrogens (tertiary/aromatic N) is 2. The maximum absolute atomic E-state index is 13.3. The summed E-state index contributed by atoms with van der Waals surface area (Å²) in [4.78, 5) is 12.7. The molecule has 1 amide bonds. The highest BCUT2D eigenvalue weighted by atomic mass is 32.2. The Morgan fingerprint density at radius 2 is 1.76 bits per heavy atom. The number of phenols is 1. The van der Waals surface area contributed by atoms with Crippen LogP contribution in [0.3, 0.4) is 0 Å². The molecule has 0 heterocycles. The van der Waals surface area contributed by atoms with Crippen LogP contribution < -0.4 is 19.2 Å². The van der Waals surface area contributed by atoms with Crippen LogP contribution in [0.15, 0.2) is 82.8 Å². The number of para-hydroxylation sites is 1. The molecule has 34 heavy (non-hydrogen) atoms. The smallest absolute Gasteiger partial charge is 0.264 e. The monoisotopic (exact) mass is 483 g/mol. The van der Waals surface area contributed by atoms with E-state index < -0.39 is 22.5 Å². The molecule has 0 spiro atoms. The molecule has 0 aliphatic carbocycles. The molecule has 9 nitrogen and oxygen atoms in total. The molecule has 10 heteroatoms. The average molecular weight is 484 g/mol. The second-order valence-corrected chi connectivity index (χ2v) is 8.81. The molecular formula is C24H25N3O6S. The summed E-state index contributed by atoms with van der Waals surface area (Å²) in [5.74, 6) is 0.0269. The van der Waals surface area contributed by atoms with Gasteiger partial charge in [0.2, 0.25) is 0 Å². The summed E-state index contributed by atoms with van der Waals surface area (Å²) in [6.07, 6.45) is 1.24. The number of amides is 1. The molecule has 3 aromatic carbocycles. The lowest BCUT2D eigenvalue weighted by Crippen LogP contribution is -2.39. The van der Waals surface area contributed by atoms with E-state index in [1.54, 1.807) is 60.7 Å². The minimum absolute atomic E-state index is 0.0430. The van der Waals surface area contributed by atoms with Crippen molar-refractivity contribution in [2.75, 3.05) is 24.6 Å². The predicted octanol–water partition coefficient (Wildman–Crippen LogP) is 3.15. The quantitative estimate of drug-likeness (QED) is 0.338. The van der Waals surface area contributed by atoms with Gasteiger partial charge in [0.25, 0.3) is 15.9 Å². The summed E-state index contributed by atoms with van der Waals surface area (Å²) in [5.41, 5.74) is 2.91. The topological polar surface area (TPSA) is 118 Å². The third-order valence-electron chi connectivity index (χ3n) is 4.70. The second kappa shape index (κ2) is 11.2. The Morgan fingerprint density at radius 3 is 2.41 bits per heavy atom. The molecule has 3 rings (SSSR count). The number of phenolic OH excluding ortho intramolecular Hbond substituents is 1. The number of carbonyl (C=O) groups is 1. The number of sulfonamides is 1. The van der Waals surface area contributed by atoms with E-state index in [1.165, 1.54) is 25.5 Å². The number of ether oxygens (including phenoxy) is 2. The van der Waals surface area contributed by atoms with Crippen molar-refractivity contribution in [1.29, 1.82) is 0 Å². The summed E-state index contributed by atoms with van der Waals surface area (Å²) in [6.45, 7) is 1.79. The fourth-order valence-electron chi connectivity index (χ4n) is 3.06. The van der Waals surface area contributed by atoms with E-state index in [-0.39, 0.29) is 22.1 Å². The normalized spacial score (nSPS) is 11.2. The summed E-state index contributed by atoms with van der Waals surface area (Å²) < 4.78 is 38.1. The van der Waals surface area contributed by atoms with E-state index in [0.29, 0.717) is 17.9 Å². The Morgan fingerprint density at radius 1 is 1.06 bits per heavy atom. The van der Waals surface area contributed by atoms with Gasteiger partial charge in [0, 0.05) is 5.56 Å². The fraction of sp³-hybridized carbons (Fsp3) is 0.167. The van der Waals surface area contributed by atoms with Crippen LogP contribution in [0.2, 0.25) is 0 Å². The van der Waals surface area contributed by atoms with Gasteiger partial charge in [-0.25, -0.2) is 13.8 Å². The van der Waals surface area contributed by atoms with Crippen molar-refractivity contribution in [1.82, 2.24) is 5.43 Å². The van der Waals surface area contributed by atoms with Crippen molar-refractivity contribution in [3.05, 3.63) is 78.4 Å². The van der Waals surface area contributed by atoms with Gasteiger partial charge in [-0.2, -0.15) is 5.10 Å². The summed E-state index contributed by atoms with van der Waals surface area (Å²) >= 11 is 0. The Bertz CT molecular complexity index is 1250. The van der Waals surface area contributed by atoms with Crippen LogP contribution in [0.5, 0.6) is 17.2 Å². The van der Waals surface area contributed by atoms with Crippen molar-refractivity contribution in [3.63, 3.8) is 0 Å². The average Bonchev–Trinajstić information content (AvgIpc) is 2.85. The lowest BCUT2D eigenvalue weighted by atomic mass is 10.2. The van der Waals surface area contributed by atoms with Crippen LogP contribution in [0.25, 0.3) is 0 Å². The molecule has 0 saturated carbocycles. The van der Waals surface area contributed by atoms with Crippen molar-refractivity contribution >= 4 is 27.8 Å². The number of rotatable bonds is 10. The van der Waals surface area contributed by atoms with Crippen molar-refractivity contribution in [2.45, 2.75) is 11.8 Å². The number of aromatic hydroxyl groups is 1. The van der Waals surface area contributed by atoms with Gasteiger partial charge in [0.05, 0.1) is 30.5 Å². The largest absolute Gasteiger partial charge is 0.504 e. The lowest BCUT2D eigenvalue weighted by molar-refractivity contribution is -0.119. The number of hydrogen-bond acceptors (Lipinski definition) is 7. The van der Waals surface area contributed by atoms with Gasteiger partial charge >= 0.3 is 0 Å². The number of anilines is 1. The highest BCUT2D eigenvalue weighted by Crippen LogP contribution is 2.28. The molecule has 0 fully saturated rings. The standard InChI is InChI=1S/C24H25N3O6S/c1-3-33-20-14-12-19(13-15-20)27(34(30,31)21-9-5-4-6-10-21)17-23(28)26-25-16-18-8-7-11-22(32-2)24(18)29/h4-16,29H,3,17H2,1-2H3,(H,26,28)/b25-16-. The summed E-state index contributed by atoms with van der Waals surface area (Å²) in [5, 5.41) is 14.0. The molecule has 2 N–H and O–H groups in total. The third kappa shape index (κ3) is 5.84. The number of benzene rings is 3. The van der Waals surface area contributed by atoms with E-state index in [2.05, 4.69) is 10.5 Å². The first-order chi connectivity index (χ1) is 16.4. The second-order valence-electron chi connectivity index (χ2n) is 6.94. The Kier molecular flexibility index (Phi) is 8.10. The Balaban J connectivity index is 1.83. The van der Waals surface area contributed by atoms with Gasteiger partial charge < -0.3 is 14.6 Å². The number of methoxy groups -OCH3 is 1. The SMILES string of the molecule is CCOc1ccc(N(CC(=O)N/N=C\c2cccc(OC)c2O)S(=O)(=O)c2ccccc2)cc1. The van der Waals surface area contributed by atoms with Gasteiger partial charge in [0.1, 0.15) is 12.3 Å². The van der Waals surface area contributed by atoms with Gasteiger partial charge in [-0.1, -0.05) is 24.3 Å². The highest BCUT2D eigenvalue weighted by molar-refractivity contribution is 7.92. The molecule has 0 radical (unpaired) electrons. The summed E-state index contributed by atoms with van der Waals surface area (Å²) in [7, 11) is -2.63. The maximum Gasteiger partial charge on any atom is 0.264 e. The summed E-state index contributed by atoms with van der Waals surface area (Å²) in [6, 6.07) is 19.0. The van der Waals surface area contributed by atoms with Crippen molar-refractivity contribution < 1.29 is 27.8 Å². The van der Waals surface area contributed by atoms with E-state index in [1.807, 2.05) is 6.92 Å². The first-order valence-electron chi connectivity index (χ1n) is 10.3. The minimum Gasteiger partial charge on any atom is -0.504 e. The molecule has 0 aliphatic rings. The molecule has 178 valence electrons. The fourth-order valence-corrected chi connectivity index (χ4v) is 4.50. The maximum atomic E-state index is 13.3. The molecule has 0 aliphatic heterocycles. The van der Waals surface area contributed by atoms with E-state index >= 15 is 0 Å². The molecule has 0 aromatic heterocycles. The van der Waals surface area contributed by atoms with E-state index in [4.69, 9.17) is 9.47 Å². The highest BCUT2D eigenvalue weighted by Gasteiger charge is 2.27. The zero-order valence-corrected chi connectivity index (χ0v) is 19.5. The first kappa shape index (κ1) is 24.6. The molecule has 3 aromatic rings. The van der Waals surface area contributed by atoms with Crippen LogP contribution in [-0.4, -0.2) is 45.9 Å². The lowest BCUT2D eigenvalue weighted by Gasteiger charge is -2.24. The molecule has 0 atom stereocenters. The van der Waals surface area contributed by atoms with Crippen LogP contribution in [-0.2, 0) is 14.8 Å². The zero-order valence-electron chi connectivity index (χ0n) is 18.7. The van der Waals surface area contributed by atoms with Gasteiger partial charge in [0.15, 0.2) is 11.5 Å². The Labute approximate surface area is 198 Å². The van der Waals surface area contributed by atoms with E-state index in [0.717, 1.165) is 4.31 Å². The number of nitrogens with one attached hydrogen (secondary N) is 1. The third-order valence-corrected chi connectivity index (χ3v) is 6.49. The first-order valence-corrected chi connectivity index (χ1v) is 11.8. The zero-order chi connectivity index (χ0) is 24.6. The number of carbonyl (C=O) groups excluding carboxylic acids is 1. The van der Waals surface area contributed by atoms with Crippen LogP contribution in [0.4, 0.5) is 5.69 Å². The van der Waals surface area contributed by atoms with Crippen LogP contribution in [0, 0.1) is 0 Å². The van der Waals surface area contributed by atoms with Crippen molar-refractivity contribution in [3.8, 4) is 17.2 Å². The predicted molar refractivity (Wildman–Crippen MR) is 129 cm³/mol. The van der Waals surface area contributed by atoms with Crippen molar-refractivity contribution in [2.24, 2.45) is 5.10 Å². The number of hydrogen-bond donors (Lipinski definition) is 2.